The second-order valence-electron chi connectivity index (χ2n) is 5.55. The Morgan fingerprint density at radius 3 is 2.30 bits per heavy atom. The maximum absolute atomic E-state index is 14.5. The van der Waals surface area contributed by atoms with Crippen molar-refractivity contribution in [3.63, 3.8) is 0 Å². The summed E-state index contributed by atoms with van der Waals surface area (Å²) in [7, 11) is 0. The number of hydrogen-bond acceptors (Lipinski definition) is 0. The van der Waals surface area contributed by atoms with Crippen LogP contribution in [0, 0.1) is 31.5 Å². The van der Waals surface area contributed by atoms with Crippen LogP contribution in [0.25, 0.3) is 0 Å². The lowest BCUT2D eigenvalue weighted by Crippen LogP contribution is -1.95. The van der Waals surface area contributed by atoms with Crippen molar-refractivity contribution in [2.45, 2.75) is 32.6 Å². The van der Waals surface area contributed by atoms with E-state index in [4.69, 9.17) is 0 Å². The molecule has 2 aromatic rings. The average molecular weight is 264 g/mol. The summed E-state index contributed by atoms with van der Waals surface area (Å²) < 4.78 is 14.5. The van der Waals surface area contributed by atoms with E-state index in [0.717, 1.165) is 29.5 Å². The lowest BCUT2D eigenvalue weighted by Gasteiger charge is -2.07. The monoisotopic (exact) mass is 264 g/mol. The van der Waals surface area contributed by atoms with Gasteiger partial charge in [-0.1, -0.05) is 35.6 Å². The van der Waals surface area contributed by atoms with E-state index in [0.29, 0.717) is 11.5 Å². The normalized spacial score (nSPS) is 13.8. The number of rotatable bonds is 1. The summed E-state index contributed by atoms with van der Waals surface area (Å²) in [5.41, 5.74) is 4.56. The summed E-state index contributed by atoms with van der Waals surface area (Å²) in [5, 5.41) is 0. The van der Waals surface area contributed by atoms with Crippen LogP contribution >= 0.6 is 0 Å². The highest BCUT2D eigenvalue weighted by atomic mass is 19.1. The van der Waals surface area contributed by atoms with Gasteiger partial charge >= 0.3 is 0 Å². The molecule has 1 saturated carbocycles. The SMILES string of the molecule is Cc1ccc(C#Cc2ccc(C)c(C3CC3)c2F)cc1. The molecule has 1 aliphatic rings. The number of aryl methyl sites for hydroxylation is 2. The first kappa shape index (κ1) is 12.9. The Labute approximate surface area is 119 Å². The Morgan fingerprint density at radius 2 is 1.65 bits per heavy atom. The number of benzene rings is 2. The molecule has 0 spiro atoms. The van der Waals surface area contributed by atoms with Crippen LogP contribution in [0.2, 0.25) is 0 Å². The molecule has 0 radical (unpaired) electrons. The predicted octanol–water partition coefficient (Wildman–Crippen LogP) is 4.72. The molecule has 0 amide bonds. The van der Waals surface area contributed by atoms with Gasteiger partial charge < -0.3 is 0 Å². The molecule has 3 rings (SSSR count). The Kier molecular flexibility index (Phi) is 3.32. The molecule has 0 nitrogen and oxygen atoms in total. The summed E-state index contributed by atoms with van der Waals surface area (Å²) in [6, 6.07) is 11.7. The topological polar surface area (TPSA) is 0 Å². The van der Waals surface area contributed by atoms with E-state index in [-0.39, 0.29) is 5.82 Å². The molecule has 1 aliphatic carbocycles. The van der Waals surface area contributed by atoms with E-state index in [9.17, 15) is 4.39 Å². The Morgan fingerprint density at radius 1 is 0.950 bits per heavy atom. The summed E-state index contributed by atoms with van der Waals surface area (Å²) in [4.78, 5) is 0. The fraction of sp³-hybridized carbons (Fsp3) is 0.263. The second kappa shape index (κ2) is 5.13. The minimum Gasteiger partial charge on any atom is -0.205 e. The number of halogens is 1. The minimum atomic E-state index is -0.118. The fourth-order valence-corrected chi connectivity index (χ4v) is 2.44. The van der Waals surface area contributed by atoms with E-state index in [1.807, 2.05) is 44.2 Å². The zero-order valence-electron chi connectivity index (χ0n) is 11.8. The van der Waals surface area contributed by atoms with Crippen LogP contribution in [-0.4, -0.2) is 0 Å². The number of hydrogen-bond donors (Lipinski definition) is 0. The summed E-state index contributed by atoms with van der Waals surface area (Å²) >= 11 is 0. The van der Waals surface area contributed by atoms with Gasteiger partial charge in [0.15, 0.2) is 0 Å². The first-order valence-electron chi connectivity index (χ1n) is 7.03. The molecule has 0 atom stereocenters. The van der Waals surface area contributed by atoms with Gasteiger partial charge in [-0.3, -0.25) is 0 Å². The molecule has 100 valence electrons. The molecule has 0 heterocycles. The third-order valence-electron chi connectivity index (χ3n) is 3.78. The van der Waals surface area contributed by atoms with Crippen molar-refractivity contribution in [2.24, 2.45) is 0 Å². The van der Waals surface area contributed by atoms with E-state index in [1.165, 1.54) is 5.56 Å². The van der Waals surface area contributed by atoms with Gasteiger partial charge in [-0.15, -0.1) is 0 Å². The van der Waals surface area contributed by atoms with Crippen molar-refractivity contribution in [1.29, 1.82) is 0 Å². The molecule has 0 aromatic heterocycles. The zero-order chi connectivity index (χ0) is 14.1. The van der Waals surface area contributed by atoms with Gasteiger partial charge in [0.05, 0.1) is 5.56 Å². The quantitative estimate of drug-likeness (QED) is 0.654. The lowest BCUT2D eigenvalue weighted by atomic mass is 10.00. The lowest BCUT2D eigenvalue weighted by molar-refractivity contribution is 0.605. The summed E-state index contributed by atoms with van der Waals surface area (Å²) in [6.45, 7) is 4.02. The van der Waals surface area contributed by atoms with E-state index < -0.39 is 0 Å². The fourth-order valence-electron chi connectivity index (χ4n) is 2.44. The third kappa shape index (κ3) is 2.60. The average Bonchev–Trinajstić information content (AvgIpc) is 3.25. The highest BCUT2D eigenvalue weighted by molar-refractivity contribution is 5.48. The van der Waals surface area contributed by atoms with Crippen LogP contribution in [0.5, 0.6) is 0 Å². The van der Waals surface area contributed by atoms with Gasteiger partial charge in [0.2, 0.25) is 0 Å². The molecular formula is C19H17F. The van der Waals surface area contributed by atoms with Gasteiger partial charge in [-0.25, -0.2) is 4.39 Å². The van der Waals surface area contributed by atoms with E-state index in [2.05, 4.69) is 11.8 Å². The van der Waals surface area contributed by atoms with Gasteiger partial charge in [-0.05, 0) is 61.9 Å². The zero-order valence-corrected chi connectivity index (χ0v) is 11.8. The van der Waals surface area contributed by atoms with Gasteiger partial charge in [-0.2, -0.15) is 0 Å². The molecule has 1 heteroatoms. The minimum absolute atomic E-state index is 0.118. The third-order valence-corrected chi connectivity index (χ3v) is 3.78. The predicted molar refractivity (Wildman–Crippen MR) is 80.3 cm³/mol. The van der Waals surface area contributed by atoms with Gasteiger partial charge in [0, 0.05) is 5.56 Å². The van der Waals surface area contributed by atoms with Crippen molar-refractivity contribution < 1.29 is 4.39 Å². The Hall–Kier alpha value is -2.07. The molecule has 2 aromatic carbocycles. The molecular weight excluding hydrogens is 247 g/mol. The van der Waals surface area contributed by atoms with Crippen LogP contribution in [-0.2, 0) is 0 Å². The molecule has 0 N–H and O–H groups in total. The van der Waals surface area contributed by atoms with Crippen molar-refractivity contribution in [1.82, 2.24) is 0 Å². The van der Waals surface area contributed by atoms with E-state index >= 15 is 0 Å². The molecule has 20 heavy (non-hydrogen) atoms. The van der Waals surface area contributed by atoms with Crippen LogP contribution in [0.1, 0.15) is 46.6 Å². The largest absolute Gasteiger partial charge is 0.205 e. The maximum atomic E-state index is 14.5. The molecule has 0 aliphatic heterocycles. The molecule has 0 unspecified atom stereocenters. The van der Waals surface area contributed by atoms with Crippen LogP contribution in [0.3, 0.4) is 0 Å². The Balaban J connectivity index is 1.95. The Bertz CT molecular complexity index is 695. The van der Waals surface area contributed by atoms with Gasteiger partial charge in [0.25, 0.3) is 0 Å². The highest BCUT2D eigenvalue weighted by Crippen LogP contribution is 2.43. The van der Waals surface area contributed by atoms with Crippen LogP contribution in [0.15, 0.2) is 36.4 Å². The second-order valence-corrected chi connectivity index (χ2v) is 5.55. The first-order chi connectivity index (χ1) is 9.65. The highest BCUT2D eigenvalue weighted by Gasteiger charge is 2.28. The molecule has 0 bridgehead atoms. The van der Waals surface area contributed by atoms with Crippen molar-refractivity contribution in [3.8, 4) is 11.8 Å². The standard InChI is InChI=1S/C19H17F/c1-13-3-6-15(7-4-13)8-10-17-9-5-14(2)18(19(17)20)16-11-12-16/h3-7,9,16H,11-12H2,1-2H3. The summed E-state index contributed by atoms with van der Waals surface area (Å²) in [6.07, 6.45) is 2.21. The smallest absolute Gasteiger partial charge is 0.142 e. The van der Waals surface area contributed by atoms with Crippen molar-refractivity contribution >= 4 is 0 Å². The first-order valence-corrected chi connectivity index (χ1v) is 7.03. The van der Waals surface area contributed by atoms with Crippen LogP contribution < -0.4 is 0 Å². The maximum Gasteiger partial charge on any atom is 0.142 e. The van der Waals surface area contributed by atoms with Crippen LogP contribution in [0.4, 0.5) is 4.39 Å². The van der Waals surface area contributed by atoms with Crippen molar-refractivity contribution in [3.05, 3.63) is 70.0 Å². The molecule has 0 saturated heterocycles. The van der Waals surface area contributed by atoms with Gasteiger partial charge in [0.1, 0.15) is 5.82 Å². The van der Waals surface area contributed by atoms with Crippen molar-refractivity contribution in [2.75, 3.05) is 0 Å². The van der Waals surface area contributed by atoms with E-state index in [1.54, 1.807) is 6.07 Å². The molecule has 1 fully saturated rings. The summed E-state index contributed by atoms with van der Waals surface area (Å²) in [5.74, 6) is 6.31.